The molecular weight excluding hydrogens is 441 g/mol. The molecule has 0 unspecified atom stereocenters. The average molecular weight is 465 g/mol. The van der Waals surface area contributed by atoms with Crippen LogP contribution in [0, 0.1) is 0 Å². The molecule has 1 aromatic carbocycles. The molecule has 0 saturated heterocycles. The Kier molecular flexibility index (Phi) is 8.20. The molecule has 0 atom stereocenters. The molecule has 7 heteroatoms. The molecule has 3 aromatic rings. The van der Waals surface area contributed by atoms with Gasteiger partial charge in [-0.2, -0.15) is 5.10 Å². The van der Waals surface area contributed by atoms with Gasteiger partial charge in [0.2, 0.25) is 0 Å². The summed E-state index contributed by atoms with van der Waals surface area (Å²) in [6.45, 7) is 2.04. The van der Waals surface area contributed by atoms with Crippen molar-refractivity contribution in [2.45, 2.75) is 19.5 Å². The number of nitrogens with one attached hydrogen (secondary N) is 2. The van der Waals surface area contributed by atoms with Gasteiger partial charge in [0, 0.05) is 26.2 Å². The predicted octanol–water partition coefficient (Wildman–Crippen LogP) is 3.11. The van der Waals surface area contributed by atoms with Gasteiger partial charge in [0.25, 0.3) is 0 Å². The van der Waals surface area contributed by atoms with E-state index in [0.717, 1.165) is 30.4 Å². The van der Waals surface area contributed by atoms with E-state index >= 15 is 0 Å². The summed E-state index contributed by atoms with van der Waals surface area (Å²) >= 11 is 0. The van der Waals surface area contributed by atoms with Gasteiger partial charge >= 0.3 is 0 Å². The fraction of sp³-hybridized carbons (Fsp3) is 0.263. The van der Waals surface area contributed by atoms with Gasteiger partial charge in [-0.05, 0) is 23.8 Å². The molecule has 0 bridgehead atoms. The molecule has 2 heterocycles. The van der Waals surface area contributed by atoms with Gasteiger partial charge in [-0.1, -0.05) is 30.3 Å². The molecular formula is C19H24IN5O. The molecule has 0 aliphatic rings. The molecule has 6 nitrogen and oxygen atoms in total. The quantitative estimate of drug-likeness (QED) is 0.320. The summed E-state index contributed by atoms with van der Waals surface area (Å²) in [6.07, 6.45) is 4.30. The minimum atomic E-state index is 0. The van der Waals surface area contributed by atoms with E-state index in [-0.39, 0.29) is 24.0 Å². The van der Waals surface area contributed by atoms with E-state index in [9.17, 15) is 0 Å². The van der Waals surface area contributed by atoms with Crippen molar-refractivity contribution in [3.8, 4) is 0 Å². The molecule has 0 saturated carbocycles. The Bertz CT molecular complexity index is 783. The molecule has 2 aromatic heterocycles. The zero-order valence-electron chi connectivity index (χ0n) is 14.8. The van der Waals surface area contributed by atoms with Crippen molar-refractivity contribution in [1.29, 1.82) is 0 Å². The maximum Gasteiger partial charge on any atom is 0.191 e. The van der Waals surface area contributed by atoms with Gasteiger partial charge in [0.1, 0.15) is 5.76 Å². The second-order valence-electron chi connectivity index (χ2n) is 5.71. The molecule has 138 valence electrons. The topological polar surface area (TPSA) is 67.4 Å². The van der Waals surface area contributed by atoms with E-state index in [0.29, 0.717) is 13.1 Å². The lowest BCUT2D eigenvalue weighted by atomic mass is 10.2. The van der Waals surface area contributed by atoms with Gasteiger partial charge in [0.05, 0.1) is 25.0 Å². The maximum atomic E-state index is 5.37. The number of hydrogen-bond donors (Lipinski definition) is 2. The lowest BCUT2D eigenvalue weighted by Crippen LogP contribution is -2.38. The Morgan fingerprint density at radius 3 is 2.65 bits per heavy atom. The highest BCUT2D eigenvalue weighted by Crippen LogP contribution is 2.02. The zero-order chi connectivity index (χ0) is 17.3. The van der Waals surface area contributed by atoms with Crippen molar-refractivity contribution in [1.82, 2.24) is 20.4 Å². The van der Waals surface area contributed by atoms with E-state index in [1.165, 1.54) is 5.56 Å². The Balaban J connectivity index is 0.00000243. The van der Waals surface area contributed by atoms with Crippen molar-refractivity contribution in [2.24, 2.45) is 12.0 Å². The Morgan fingerprint density at radius 1 is 1.12 bits per heavy atom. The van der Waals surface area contributed by atoms with Crippen LogP contribution in [0.25, 0.3) is 0 Å². The summed E-state index contributed by atoms with van der Waals surface area (Å²) in [5.74, 6) is 1.73. The average Bonchev–Trinajstić information content (AvgIpc) is 3.29. The van der Waals surface area contributed by atoms with E-state index in [4.69, 9.17) is 4.42 Å². The number of aliphatic imine (C=N–C) groups is 1. The fourth-order valence-corrected chi connectivity index (χ4v) is 2.44. The second kappa shape index (κ2) is 10.6. The van der Waals surface area contributed by atoms with Crippen molar-refractivity contribution in [2.75, 3.05) is 6.54 Å². The lowest BCUT2D eigenvalue weighted by Gasteiger charge is -2.12. The monoisotopic (exact) mass is 465 g/mol. The highest BCUT2D eigenvalue weighted by molar-refractivity contribution is 14.0. The molecule has 2 N–H and O–H groups in total. The number of halogens is 1. The van der Waals surface area contributed by atoms with Gasteiger partial charge in [-0.25, -0.2) is 4.99 Å². The van der Waals surface area contributed by atoms with Crippen LogP contribution < -0.4 is 10.6 Å². The SMILES string of the molecule is Cn1nccc1CNC(=NCc1ccccc1)NCCc1ccco1.I. The third-order valence-electron chi connectivity index (χ3n) is 3.87. The summed E-state index contributed by atoms with van der Waals surface area (Å²) in [7, 11) is 1.93. The molecule has 26 heavy (non-hydrogen) atoms. The first-order valence-electron chi connectivity index (χ1n) is 8.36. The minimum absolute atomic E-state index is 0. The van der Waals surface area contributed by atoms with Crippen LogP contribution >= 0.6 is 24.0 Å². The first-order chi connectivity index (χ1) is 12.3. The van der Waals surface area contributed by atoms with Crippen LogP contribution in [0.2, 0.25) is 0 Å². The molecule has 0 radical (unpaired) electrons. The van der Waals surface area contributed by atoms with Crippen LogP contribution in [-0.2, 0) is 26.6 Å². The van der Waals surface area contributed by atoms with Crippen molar-refractivity contribution in [3.63, 3.8) is 0 Å². The number of aryl methyl sites for hydroxylation is 1. The molecule has 0 amide bonds. The van der Waals surface area contributed by atoms with Gasteiger partial charge in [-0.15, -0.1) is 24.0 Å². The van der Waals surface area contributed by atoms with E-state index < -0.39 is 0 Å². The summed E-state index contributed by atoms with van der Waals surface area (Å²) in [5, 5.41) is 10.9. The lowest BCUT2D eigenvalue weighted by molar-refractivity contribution is 0.506. The number of hydrogen-bond acceptors (Lipinski definition) is 3. The summed E-state index contributed by atoms with van der Waals surface area (Å²) in [6, 6.07) is 16.1. The number of aromatic nitrogens is 2. The summed E-state index contributed by atoms with van der Waals surface area (Å²) in [5.41, 5.74) is 2.27. The van der Waals surface area contributed by atoms with Crippen LogP contribution in [0.15, 0.2) is 70.4 Å². The van der Waals surface area contributed by atoms with Crippen LogP contribution in [0.4, 0.5) is 0 Å². The van der Waals surface area contributed by atoms with Crippen molar-refractivity contribution in [3.05, 3.63) is 78.0 Å². The standard InChI is InChI=1S/C19H23N5O.HI/c1-24-17(9-12-23-24)15-22-19(20-11-10-18-8-5-13-25-18)21-14-16-6-3-2-4-7-16;/h2-9,12-13H,10-11,14-15H2,1H3,(H2,20,21,22);1H. The molecule has 0 spiro atoms. The van der Waals surface area contributed by atoms with Gasteiger partial charge in [0.15, 0.2) is 5.96 Å². The zero-order valence-corrected chi connectivity index (χ0v) is 17.1. The fourth-order valence-electron chi connectivity index (χ4n) is 2.44. The maximum absolute atomic E-state index is 5.37. The molecule has 0 fully saturated rings. The highest BCUT2D eigenvalue weighted by atomic mass is 127. The molecule has 3 rings (SSSR count). The van der Waals surface area contributed by atoms with Gasteiger partial charge < -0.3 is 15.1 Å². The number of nitrogens with zero attached hydrogens (tertiary/aromatic N) is 3. The van der Waals surface area contributed by atoms with Crippen LogP contribution in [-0.4, -0.2) is 22.3 Å². The number of rotatable bonds is 7. The summed E-state index contributed by atoms with van der Waals surface area (Å²) < 4.78 is 7.22. The first kappa shape index (κ1) is 20.0. The Morgan fingerprint density at radius 2 is 1.96 bits per heavy atom. The molecule has 0 aliphatic carbocycles. The smallest absolute Gasteiger partial charge is 0.191 e. The number of benzene rings is 1. The highest BCUT2D eigenvalue weighted by Gasteiger charge is 2.03. The third kappa shape index (κ3) is 6.21. The van der Waals surface area contributed by atoms with Crippen LogP contribution in [0.3, 0.4) is 0 Å². The van der Waals surface area contributed by atoms with E-state index in [1.54, 1.807) is 12.5 Å². The van der Waals surface area contributed by atoms with E-state index in [1.807, 2.05) is 48.1 Å². The summed E-state index contributed by atoms with van der Waals surface area (Å²) in [4.78, 5) is 4.68. The minimum Gasteiger partial charge on any atom is -0.469 e. The normalized spacial score (nSPS) is 11.0. The predicted molar refractivity (Wildman–Crippen MR) is 113 cm³/mol. The first-order valence-corrected chi connectivity index (χ1v) is 8.36. The second-order valence-corrected chi connectivity index (χ2v) is 5.71. The van der Waals surface area contributed by atoms with E-state index in [2.05, 4.69) is 32.9 Å². The number of guanidine groups is 1. The Hall–Kier alpha value is -2.29. The largest absolute Gasteiger partial charge is 0.469 e. The Labute approximate surface area is 170 Å². The van der Waals surface area contributed by atoms with Crippen molar-refractivity contribution >= 4 is 29.9 Å². The van der Waals surface area contributed by atoms with Crippen LogP contribution in [0.5, 0.6) is 0 Å². The third-order valence-corrected chi connectivity index (χ3v) is 3.87. The van der Waals surface area contributed by atoms with Gasteiger partial charge in [-0.3, -0.25) is 4.68 Å². The number of furan rings is 1. The van der Waals surface area contributed by atoms with Crippen molar-refractivity contribution < 1.29 is 4.42 Å². The molecule has 0 aliphatic heterocycles. The van der Waals surface area contributed by atoms with Crippen LogP contribution in [0.1, 0.15) is 17.0 Å².